The Morgan fingerprint density at radius 1 is 1.08 bits per heavy atom. The average Bonchev–Trinajstić information content (AvgIpc) is 2.76. The summed E-state index contributed by atoms with van der Waals surface area (Å²) in [5.74, 6) is 0.0649. The van der Waals surface area contributed by atoms with Crippen molar-refractivity contribution < 1.29 is 17.7 Å². The summed E-state index contributed by atoms with van der Waals surface area (Å²) < 4.78 is 39.5. The lowest BCUT2D eigenvalue weighted by atomic mass is 9.79. The van der Waals surface area contributed by atoms with Gasteiger partial charge in [-0.3, -0.25) is 4.72 Å². The molecule has 26 heavy (non-hydrogen) atoms. The predicted molar refractivity (Wildman–Crippen MR) is 107 cm³/mol. The molecule has 0 radical (unpaired) electrons. The zero-order chi connectivity index (χ0) is 19.6. The SMILES string of the molecule is CCN(CC)CCS(=O)(=O)Nc1cccc(B2OC(C)(C)C(C)(C)O2)c1. The van der Waals surface area contributed by atoms with Crippen LogP contribution in [0, 0.1) is 0 Å². The molecule has 1 saturated heterocycles. The molecule has 146 valence electrons. The van der Waals surface area contributed by atoms with Crippen LogP contribution in [0.2, 0.25) is 0 Å². The minimum absolute atomic E-state index is 0.0649. The van der Waals surface area contributed by atoms with E-state index in [-0.39, 0.29) is 5.75 Å². The van der Waals surface area contributed by atoms with Crippen molar-refractivity contribution in [1.29, 1.82) is 0 Å². The highest BCUT2D eigenvalue weighted by atomic mass is 32.2. The van der Waals surface area contributed by atoms with E-state index >= 15 is 0 Å². The molecule has 0 amide bonds. The molecule has 0 saturated carbocycles. The van der Waals surface area contributed by atoms with Gasteiger partial charge in [0.05, 0.1) is 17.0 Å². The molecule has 8 heteroatoms. The average molecular weight is 382 g/mol. The second-order valence-corrected chi connectivity index (χ2v) is 9.50. The highest BCUT2D eigenvalue weighted by Crippen LogP contribution is 2.36. The molecule has 1 N–H and O–H groups in total. The fraction of sp³-hybridized carbons (Fsp3) is 0.667. The van der Waals surface area contributed by atoms with Crippen LogP contribution in [0.5, 0.6) is 0 Å². The molecule has 1 aliphatic rings. The van der Waals surface area contributed by atoms with E-state index in [4.69, 9.17) is 9.31 Å². The Morgan fingerprint density at radius 2 is 1.65 bits per heavy atom. The fourth-order valence-electron chi connectivity index (χ4n) is 2.75. The molecule has 1 fully saturated rings. The number of nitrogens with one attached hydrogen (secondary N) is 1. The van der Waals surface area contributed by atoms with Crippen LogP contribution in [0.3, 0.4) is 0 Å². The van der Waals surface area contributed by atoms with Crippen molar-refractivity contribution in [3.63, 3.8) is 0 Å². The third kappa shape index (κ3) is 5.00. The summed E-state index contributed by atoms with van der Waals surface area (Å²) in [7, 11) is -3.92. The second kappa shape index (κ2) is 7.88. The van der Waals surface area contributed by atoms with Crippen LogP contribution in [-0.4, -0.2) is 57.0 Å². The summed E-state index contributed by atoms with van der Waals surface area (Å²) in [6.07, 6.45) is 0. The maximum atomic E-state index is 12.4. The predicted octanol–water partition coefficient (Wildman–Crippen LogP) is 2.07. The van der Waals surface area contributed by atoms with Crippen molar-refractivity contribution in [2.75, 3.05) is 30.1 Å². The highest BCUT2D eigenvalue weighted by Gasteiger charge is 2.51. The normalized spacial score (nSPS) is 19.1. The third-order valence-electron chi connectivity index (χ3n) is 5.26. The molecular formula is C18H31BN2O4S. The lowest BCUT2D eigenvalue weighted by Crippen LogP contribution is -2.41. The molecular weight excluding hydrogens is 351 g/mol. The molecule has 2 rings (SSSR count). The fourth-order valence-corrected chi connectivity index (χ4v) is 3.83. The Balaban J connectivity index is 2.08. The summed E-state index contributed by atoms with van der Waals surface area (Å²) in [6, 6.07) is 7.21. The minimum Gasteiger partial charge on any atom is -0.399 e. The molecule has 0 spiro atoms. The van der Waals surface area contributed by atoms with Crippen LogP contribution >= 0.6 is 0 Å². The summed E-state index contributed by atoms with van der Waals surface area (Å²) in [5.41, 5.74) is 0.456. The van der Waals surface area contributed by atoms with Gasteiger partial charge in [-0.15, -0.1) is 0 Å². The van der Waals surface area contributed by atoms with Crippen molar-refractivity contribution in [1.82, 2.24) is 4.90 Å². The Morgan fingerprint density at radius 3 is 2.19 bits per heavy atom. The van der Waals surface area contributed by atoms with Crippen LogP contribution in [0.1, 0.15) is 41.5 Å². The third-order valence-corrected chi connectivity index (χ3v) is 6.52. The molecule has 1 aromatic carbocycles. The van der Waals surface area contributed by atoms with E-state index in [0.717, 1.165) is 18.6 Å². The Kier molecular flexibility index (Phi) is 6.43. The molecule has 1 aliphatic heterocycles. The van der Waals surface area contributed by atoms with E-state index in [1.165, 1.54) is 0 Å². The molecule has 6 nitrogen and oxygen atoms in total. The van der Waals surface area contributed by atoms with E-state index in [0.29, 0.717) is 12.2 Å². The monoisotopic (exact) mass is 382 g/mol. The largest absolute Gasteiger partial charge is 0.494 e. The lowest BCUT2D eigenvalue weighted by Gasteiger charge is -2.32. The van der Waals surface area contributed by atoms with Gasteiger partial charge in [0.2, 0.25) is 10.0 Å². The van der Waals surface area contributed by atoms with Gasteiger partial charge in [0, 0.05) is 12.2 Å². The summed E-state index contributed by atoms with van der Waals surface area (Å²) >= 11 is 0. The van der Waals surface area contributed by atoms with Gasteiger partial charge in [0.25, 0.3) is 0 Å². The number of hydrogen-bond acceptors (Lipinski definition) is 5. The standard InChI is InChI=1S/C18H31BN2O4S/c1-7-21(8-2)12-13-26(22,23)20-16-11-9-10-15(14-16)19-24-17(3,4)18(5,6)25-19/h9-11,14,20H,7-8,12-13H2,1-6H3. The van der Waals surface area contributed by atoms with Crippen LogP contribution in [-0.2, 0) is 19.3 Å². The van der Waals surface area contributed by atoms with Crippen molar-refractivity contribution in [2.45, 2.75) is 52.7 Å². The van der Waals surface area contributed by atoms with Gasteiger partial charge in [0.15, 0.2) is 0 Å². The highest BCUT2D eigenvalue weighted by molar-refractivity contribution is 7.92. The maximum Gasteiger partial charge on any atom is 0.494 e. The van der Waals surface area contributed by atoms with Crippen LogP contribution < -0.4 is 10.2 Å². The second-order valence-electron chi connectivity index (χ2n) is 7.66. The van der Waals surface area contributed by atoms with Crippen LogP contribution in [0.15, 0.2) is 24.3 Å². The molecule has 1 aromatic rings. The first-order chi connectivity index (χ1) is 12.0. The lowest BCUT2D eigenvalue weighted by molar-refractivity contribution is 0.00578. The van der Waals surface area contributed by atoms with E-state index in [9.17, 15) is 8.42 Å². The van der Waals surface area contributed by atoms with Crippen LogP contribution in [0.4, 0.5) is 5.69 Å². The summed E-state index contributed by atoms with van der Waals surface area (Å²) in [4.78, 5) is 2.08. The Hall–Kier alpha value is -1.09. The molecule has 0 aromatic heterocycles. The zero-order valence-corrected chi connectivity index (χ0v) is 17.5. The quantitative estimate of drug-likeness (QED) is 0.698. The smallest absolute Gasteiger partial charge is 0.399 e. The number of hydrogen-bond donors (Lipinski definition) is 1. The number of benzene rings is 1. The van der Waals surface area contributed by atoms with Gasteiger partial charge in [-0.2, -0.15) is 0 Å². The number of nitrogens with zero attached hydrogens (tertiary/aromatic N) is 1. The van der Waals surface area contributed by atoms with Gasteiger partial charge in [0.1, 0.15) is 0 Å². The van der Waals surface area contributed by atoms with E-state index < -0.39 is 28.3 Å². The van der Waals surface area contributed by atoms with Crippen LogP contribution in [0.25, 0.3) is 0 Å². The topological polar surface area (TPSA) is 67.9 Å². The van der Waals surface area contributed by atoms with Gasteiger partial charge >= 0.3 is 7.12 Å². The Labute approximate surface area is 158 Å². The van der Waals surface area contributed by atoms with Gasteiger partial charge in [-0.1, -0.05) is 26.0 Å². The first kappa shape index (κ1) is 21.2. The molecule has 0 atom stereocenters. The Bertz CT molecular complexity index is 702. The van der Waals surface area contributed by atoms with Gasteiger partial charge < -0.3 is 14.2 Å². The molecule has 1 heterocycles. The van der Waals surface area contributed by atoms with Crippen molar-refractivity contribution in [3.8, 4) is 0 Å². The zero-order valence-electron chi connectivity index (χ0n) is 16.7. The van der Waals surface area contributed by atoms with Gasteiger partial charge in [-0.05, 0) is 58.4 Å². The summed E-state index contributed by atoms with van der Waals surface area (Å²) in [5, 5.41) is 0. The van der Waals surface area contributed by atoms with Gasteiger partial charge in [-0.25, -0.2) is 8.42 Å². The van der Waals surface area contributed by atoms with Crippen molar-refractivity contribution in [3.05, 3.63) is 24.3 Å². The number of rotatable bonds is 8. The molecule has 0 bridgehead atoms. The first-order valence-corrected chi connectivity index (χ1v) is 10.8. The number of sulfonamides is 1. The van der Waals surface area contributed by atoms with Crippen molar-refractivity contribution >= 4 is 28.3 Å². The number of anilines is 1. The summed E-state index contributed by atoms with van der Waals surface area (Å²) in [6.45, 7) is 14.2. The molecule has 0 unspecified atom stereocenters. The van der Waals surface area contributed by atoms with E-state index in [1.807, 2.05) is 53.7 Å². The van der Waals surface area contributed by atoms with E-state index in [2.05, 4.69) is 9.62 Å². The minimum atomic E-state index is -3.41. The first-order valence-electron chi connectivity index (χ1n) is 9.18. The van der Waals surface area contributed by atoms with E-state index in [1.54, 1.807) is 12.1 Å². The maximum absolute atomic E-state index is 12.4. The molecule has 0 aliphatic carbocycles. The van der Waals surface area contributed by atoms with Crippen molar-refractivity contribution in [2.24, 2.45) is 0 Å².